The quantitative estimate of drug-likeness (QED) is 0.395. The van der Waals surface area contributed by atoms with E-state index < -0.39 is 0 Å². The van der Waals surface area contributed by atoms with Crippen LogP contribution < -0.4 is 10.1 Å². The first-order chi connectivity index (χ1) is 16.2. The second-order valence-corrected chi connectivity index (χ2v) is 7.73. The van der Waals surface area contributed by atoms with Crippen molar-refractivity contribution in [3.8, 4) is 5.75 Å². The first-order valence-electron chi connectivity index (χ1n) is 10.7. The standard InChI is InChI=1S/C26H23N5O2/c32-26(19-33-24-11-5-4-10-21(24)14-20-8-2-1-3-9-20)29-22-15-27-31(17-22)18-23-16-30-13-7-6-12-25(30)28-23/h1-13,15-17H,14,18-19H2,(H,29,32). The largest absolute Gasteiger partial charge is 0.483 e. The van der Waals surface area contributed by atoms with Crippen molar-refractivity contribution in [3.63, 3.8) is 0 Å². The molecule has 3 heterocycles. The molecule has 33 heavy (non-hydrogen) atoms. The van der Waals surface area contributed by atoms with Gasteiger partial charge in [0.15, 0.2) is 6.61 Å². The van der Waals surface area contributed by atoms with E-state index in [9.17, 15) is 4.79 Å². The van der Waals surface area contributed by atoms with Crippen LogP contribution >= 0.6 is 0 Å². The average molecular weight is 438 g/mol. The summed E-state index contributed by atoms with van der Waals surface area (Å²) in [5, 5.41) is 7.17. The summed E-state index contributed by atoms with van der Waals surface area (Å²) < 4.78 is 9.54. The molecule has 0 aliphatic rings. The third-order valence-corrected chi connectivity index (χ3v) is 5.22. The van der Waals surface area contributed by atoms with Crippen molar-refractivity contribution < 1.29 is 9.53 Å². The predicted molar refractivity (Wildman–Crippen MR) is 126 cm³/mol. The van der Waals surface area contributed by atoms with E-state index in [1.807, 2.05) is 77.5 Å². The van der Waals surface area contributed by atoms with Gasteiger partial charge in [-0.1, -0.05) is 54.6 Å². The lowest BCUT2D eigenvalue weighted by atomic mass is 10.0. The number of carbonyl (C=O) groups is 1. The number of hydrogen-bond donors (Lipinski definition) is 1. The second-order valence-electron chi connectivity index (χ2n) is 7.73. The molecule has 0 saturated heterocycles. The normalized spacial score (nSPS) is 10.9. The number of ether oxygens (including phenoxy) is 1. The number of fused-ring (bicyclic) bond motifs is 1. The monoisotopic (exact) mass is 437 g/mol. The molecular weight excluding hydrogens is 414 g/mol. The summed E-state index contributed by atoms with van der Waals surface area (Å²) in [5.41, 5.74) is 4.62. The van der Waals surface area contributed by atoms with Crippen molar-refractivity contribution in [3.05, 3.63) is 114 Å². The van der Waals surface area contributed by atoms with Gasteiger partial charge in [0.2, 0.25) is 0 Å². The molecule has 3 aromatic heterocycles. The lowest BCUT2D eigenvalue weighted by Gasteiger charge is -2.11. The van der Waals surface area contributed by atoms with Gasteiger partial charge >= 0.3 is 0 Å². The van der Waals surface area contributed by atoms with Crippen molar-refractivity contribution in [2.24, 2.45) is 0 Å². The topological polar surface area (TPSA) is 73.5 Å². The molecule has 0 bridgehead atoms. The predicted octanol–water partition coefficient (Wildman–Crippen LogP) is 4.19. The molecule has 7 nitrogen and oxygen atoms in total. The van der Waals surface area contributed by atoms with Crippen LogP contribution in [0.15, 0.2) is 97.6 Å². The zero-order chi connectivity index (χ0) is 22.5. The summed E-state index contributed by atoms with van der Waals surface area (Å²) in [6.45, 7) is 0.435. The molecule has 0 spiro atoms. The summed E-state index contributed by atoms with van der Waals surface area (Å²) in [6.07, 6.45) is 8.07. The lowest BCUT2D eigenvalue weighted by molar-refractivity contribution is -0.118. The van der Waals surface area contributed by atoms with Crippen molar-refractivity contribution in [2.75, 3.05) is 11.9 Å². The van der Waals surface area contributed by atoms with E-state index in [-0.39, 0.29) is 12.5 Å². The minimum absolute atomic E-state index is 0.0799. The molecule has 2 aromatic carbocycles. The molecule has 7 heteroatoms. The van der Waals surface area contributed by atoms with E-state index >= 15 is 0 Å². The number of pyridine rings is 1. The van der Waals surface area contributed by atoms with Gasteiger partial charge in [-0.3, -0.25) is 9.48 Å². The SMILES string of the molecule is O=C(COc1ccccc1Cc1ccccc1)Nc1cnn(Cc2cn3ccccc3n2)c1. The molecule has 164 valence electrons. The van der Waals surface area contributed by atoms with Crippen LogP contribution in [0.2, 0.25) is 0 Å². The van der Waals surface area contributed by atoms with Crippen LogP contribution in [0.25, 0.3) is 5.65 Å². The lowest BCUT2D eigenvalue weighted by Crippen LogP contribution is -2.20. The second kappa shape index (κ2) is 9.40. The van der Waals surface area contributed by atoms with Crippen LogP contribution in [0.5, 0.6) is 5.75 Å². The number of nitrogens with one attached hydrogen (secondary N) is 1. The number of amides is 1. The molecule has 1 amide bonds. The van der Waals surface area contributed by atoms with Crippen LogP contribution in [0, 0.1) is 0 Å². The fraction of sp³-hybridized carbons (Fsp3) is 0.115. The Labute approximate surface area is 191 Å². The highest BCUT2D eigenvalue weighted by molar-refractivity contribution is 5.91. The molecule has 0 atom stereocenters. The number of hydrogen-bond acceptors (Lipinski definition) is 4. The Bertz CT molecular complexity index is 1340. The van der Waals surface area contributed by atoms with E-state index in [1.165, 1.54) is 5.56 Å². The van der Waals surface area contributed by atoms with Gasteiger partial charge in [0.1, 0.15) is 11.4 Å². The third kappa shape index (κ3) is 5.10. The van der Waals surface area contributed by atoms with E-state index in [0.29, 0.717) is 18.0 Å². The van der Waals surface area contributed by atoms with Gasteiger partial charge in [-0.2, -0.15) is 5.10 Å². The number of aromatic nitrogens is 4. The zero-order valence-corrected chi connectivity index (χ0v) is 18.0. The van der Waals surface area contributed by atoms with Crippen molar-refractivity contribution in [1.29, 1.82) is 0 Å². The van der Waals surface area contributed by atoms with Gasteiger partial charge in [0, 0.05) is 25.0 Å². The van der Waals surface area contributed by atoms with Crippen LogP contribution in [0.1, 0.15) is 16.8 Å². The third-order valence-electron chi connectivity index (χ3n) is 5.22. The summed E-state index contributed by atoms with van der Waals surface area (Å²) in [7, 11) is 0. The van der Waals surface area contributed by atoms with Gasteiger partial charge in [0.05, 0.1) is 24.1 Å². The van der Waals surface area contributed by atoms with Crippen molar-refractivity contribution in [1.82, 2.24) is 19.2 Å². The highest BCUT2D eigenvalue weighted by atomic mass is 16.5. The van der Waals surface area contributed by atoms with Crippen LogP contribution in [-0.2, 0) is 17.8 Å². The molecule has 0 fully saturated rings. The number of benzene rings is 2. The maximum Gasteiger partial charge on any atom is 0.262 e. The summed E-state index contributed by atoms with van der Waals surface area (Å²) in [5.74, 6) is 0.468. The molecule has 1 N–H and O–H groups in total. The van der Waals surface area contributed by atoms with E-state index in [4.69, 9.17) is 4.74 Å². The molecule has 0 aliphatic heterocycles. The molecule has 5 rings (SSSR count). The van der Waals surface area contributed by atoms with Crippen LogP contribution in [0.4, 0.5) is 5.69 Å². The minimum atomic E-state index is -0.239. The first-order valence-corrected chi connectivity index (χ1v) is 10.7. The van der Waals surface area contributed by atoms with Crippen LogP contribution in [0.3, 0.4) is 0 Å². The molecular formula is C26H23N5O2. The number of nitrogens with zero attached hydrogens (tertiary/aromatic N) is 4. The molecule has 0 aliphatic carbocycles. The first kappa shape index (κ1) is 20.5. The summed E-state index contributed by atoms with van der Waals surface area (Å²) >= 11 is 0. The zero-order valence-electron chi connectivity index (χ0n) is 18.0. The van der Waals surface area contributed by atoms with E-state index in [2.05, 4.69) is 27.5 Å². The molecule has 0 unspecified atom stereocenters. The van der Waals surface area contributed by atoms with Gasteiger partial charge < -0.3 is 14.5 Å². The molecule has 0 saturated carbocycles. The highest BCUT2D eigenvalue weighted by Crippen LogP contribution is 2.21. The summed E-state index contributed by atoms with van der Waals surface area (Å²) in [4.78, 5) is 17.0. The Morgan fingerprint density at radius 2 is 1.76 bits per heavy atom. The number of carbonyl (C=O) groups excluding carboxylic acids is 1. The highest BCUT2D eigenvalue weighted by Gasteiger charge is 2.10. The number of rotatable bonds is 8. The molecule has 5 aromatic rings. The fourth-order valence-electron chi connectivity index (χ4n) is 3.69. The molecule has 0 radical (unpaired) electrons. The average Bonchev–Trinajstić information content (AvgIpc) is 3.45. The summed E-state index contributed by atoms with van der Waals surface area (Å²) in [6, 6.07) is 23.8. The van der Waals surface area contributed by atoms with E-state index in [1.54, 1.807) is 17.1 Å². The Morgan fingerprint density at radius 3 is 2.64 bits per heavy atom. The number of anilines is 1. The van der Waals surface area contributed by atoms with Gasteiger partial charge in [0.25, 0.3) is 5.91 Å². The minimum Gasteiger partial charge on any atom is -0.483 e. The number of imidazole rings is 1. The van der Waals surface area contributed by atoms with E-state index in [0.717, 1.165) is 23.3 Å². The van der Waals surface area contributed by atoms with Crippen molar-refractivity contribution >= 4 is 17.2 Å². The Balaban J connectivity index is 1.17. The Hall–Kier alpha value is -4.39. The van der Waals surface area contributed by atoms with Crippen molar-refractivity contribution in [2.45, 2.75) is 13.0 Å². The Morgan fingerprint density at radius 1 is 0.939 bits per heavy atom. The smallest absolute Gasteiger partial charge is 0.262 e. The Kier molecular flexibility index (Phi) is 5.84. The maximum atomic E-state index is 12.5. The number of para-hydroxylation sites is 1. The maximum absolute atomic E-state index is 12.5. The van der Waals surface area contributed by atoms with Crippen LogP contribution in [-0.4, -0.2) is 31.7 Å². The fourth-order valence-corrected chi connectivity index (χ4v) is 3.69. The van der Waals surface area contributed by atoms with Gasteiger partial charge in [-0.15, -0.1) is 0 Å². The van der Waals surface area contributed by atoms with Gasteiger partial charge in [-0.25, -0.2) is 4.98 Å². The van der Waals surface area contributed by atoms with Gasteiger partial charge in [-0.05, 0) is 29.3 Å².